The third-order valence-corrected chi connectivity index (χ3v) is 2.90. The van der Waals surface area contributed by atoms with E-state index in [1.165, 1.54) is 17.7 Å². The van der Waals surface area contributed by atoms with Crippen molar-refractivity contribution in [2.75, 3.05) is 13.7 Å². The smallest absolute Gasteiger partial charge is 0.314 e. The Labute approximate surface area is 77.7 Å². The van der Waals surface area contributed by atoms with Gasteiger partial charge in [-0.3, -0.25) is 4.84 Å². The Hall–Kier alpha value is -1.03. The molecule has 2 bridgehead atoms. The lowest BCUT2D eigenvalue weighted by molar-refractivity contribution is -0.0887. The van der Waals surface area contributed by atoms with E-state index in [0.29, 0.717) is 0 Å². The van der Waals surface area contributed by atoms with Crippen LogP contribution >= 0.6 is 0 Å². The minimum Gasteiger partial charge on any atom is -0.314 e. The van der Waals surface area contributed by atoms with Crippen LogP contribution in [-0.2, 0) is 4.84 Å². The third-order valence-electron chi connectivity index (χ3n) is 2.90. The van der Waals surface area contributed by atoms with Crippen LogP contribution in [0.5, 0.6) is 0 Å². The second kappa shape index (κ2) is 2.73. The highest BCUT2D eigenvalue weighted by molar-refractivity contribution is 5.78. The van der Waals surface area contributed by atoms with Crippen LogP contribution in [0.2, 0.25) is 0 Å². The zero-order chi connectivity index (χ0) is 9.59. The van der Waals surface area contributed by atoms with Crippen molar-refractivity contribution in [3.05, 3.63) is 11.6 Å². The minimum absolute atomic E-state index is 0.0203. The summed E-state index contributed by atoms with van der Waals surface area (Å²) in [4.78, 5) is 18.5. The number of carbonyl (C=O) groups excluding carboxylic acids is 1. The fourth-order valence-corrected chi connectivity index (χ4v) is 1.97. The van der Waals surface area contributed by atoms with Gasteiger partial charge >= 0.3 is 6.03 Å². The maximum absolute atomic E-state index is 11.7. The van der Waals surface area contributed by atoms with Gasteiger partial charge in [-0.2, -0.15) is 5.06 Å². The summed E-state index contributed by atoms with van der Waals surface area (Å²) in [5.41, 5.74) is 1.24. The molecule has 2 heterocycles. The summed E-state index contributed by atoms with van der Waals surface area (Å²) in [6.45, 7) is 4.85. The molecule has 0 aromatic rings. The molecule has 13 heavy (non-hydrogen) atoms. The topological polar surface area (TPSA) is 32.8 Å². The summed E-state index contributed by atoms with van der Waals surface area (Å²) in [5.74, 6) is 0. The van der Waals surface area contributed by atoms with E-state index in [4.69, 9.17) is 4.84 Å². The number of amides is 2. The first kappa shape index (κ1) is 8.56. The molecule has 0 aromatic carbocycles. The number of hydrogen-bond acceptors (Lipinski definition) is 2. The zero-order valence-corrected chi connectivity index (χ0v) is 8.15. The minimum atomic E-state index is -0.0203. The molecule has 0 saturated carbocycles. The van der Waals surface area contributed by atoms with Crippen LogP contribution in [0.15, 0.2) is 11.6 Å². The summed E-state index contributed by atoms with van der Waals surface area (Å²) < 4.78 is 0. The Morgan fingerprint density at radius 3 is 2.92 bits per heavy atom. The lowest BCUT2D eigenvalue weighted by Gasteiger charge is -2.26. The average molecular weight is 182 g/mol. The van der Waals surface area contributed by atoms with E-state index in [1.54, 1.807) is 0 Å². The molecule has 2 rings (SSSR count). The number of urea groups is 1. The van der Waals surface area contributed by atoms with Gasteiger partial charge in [-0.25, -0.2) is 4.79 Å². The standard InChI is InChI=1S/C9H14N2O2/c1-6-4-8-5-10(7(6)2)9(12)11(8)13-3/h4,7-8H,5H2,1-3H3/t7-,8+/m1/s1. The van der Waals surface area contributed by atoms with Crippen molar-refractivity contribution in [1.82, 2.24) is 9.96 Å². The van der Waals surface area contributed by atoms with Crippen LogP contribution in [0, 0.1) is 0 Å². The normalized spacial score (nSPS) is 32.5. The molecule has 2 aliphatic heterocycles. The van der Waals surface area contributed by atoms with Gasteiger partial charge in [0.05, 0.1) is 19.2 Å². The molecule has 0 spiro atoms. The molecule has 2 atom stereocenters. The van der Waals surface area contributed by atoms with Gasteiger partial charge in [0.25, 0.3) is 0 Å². The van der Waals surface area contributed by atoms with E-state index in [2.05, 4.69) is 13.0 Å². The van der Waals surface area contributed by atoms with Gasteiger partial charge in [-0.15, -0.1) is 0 Å². The highest BCUT2D eigenvalue weighted by Gasteiger charge is 2.42. The van der Waals surface area contributed by atoms with Crippen molar-refractivity contribution in [1.29, 1.82) is 0 Å². The van der Waals surface area contributed by atoms with Crippen LogP contribution in [-0.4, -0.2) is 41.7 Å². The van der Waals surface area contributed by atoms with Crippen molar-refractivity contribution in [3.8, 4) is 0 Å². The molecule has 2 amide bonds. The van der Waals surface area contributed by atoms with Gasteiger partial charge in [-0.1, -0.05) is 11.6 Å². The summed E-state index contributed by atoms with van der Waals surface area (Å²) >= 11 is 0. The molecule has 0 unspecified atom stereocenters. The Balaban J connectivity index is 2.32. The molecule has 1 saturated heterocycles. The van der Waals surface area contributed by atoms with E-state index < -0.39 is 0 Å². The number of hydroxylamine groups is 2. The summed E-state index contributed by atoms with van der Waals surface area (Å²) in [6.07, 6.45) is 2.11. The predicted molar refractivity (Wildman–Crippen MR) is 48.0 cm³/mol. The summed E-state index contributed by atoms with van der Waals surface area (Å²) in [5, 5.41) is 1.44. The van der Waals surface area contributed by atoms with Gasteiger partial charge in [0.1, 0.15) is 0 Å². The van der Waals surface area contributed by atoms with E-state index in [1.807, 2.05) is 11.8 Å². The molecule has 0 N–H and O–H groups in total. The molecule has 0 aromatic heterocycles. The number of rotatable bonds is 1. The Morgan fingerprint density at radius 2 is 2.31 bits per heavy atom. The van der Waals surface area contributed by atoms with Gasteiger partial charge < -0.3 is 4.90 Å². The molecule has 4 nitrogen and oxygen atoms in total. The number of hydrogen-bond donors (Lipinski definition) is 0. The van der Waals surface area contributed by atoms with Crippen LogP contribution in [0.4, 0.5) is 4.79 Å². The number of carbonyl (C=O) groups is 1. The molecule has 4 heteroatoms. The maximum atomic E-state index is 11.7. The first-order valence-electron chi connectivity index (χ1n) is 4.47. The zero-order valence-electron chi connectivity index (χ0n) is 8.15. The van der Waals surface area contributed by atoms with Crippen LogP contribution in [0.3, 0.4) is 0 Å². The van der Waals surface area contributed by atoms with Crippen LogP contribution < -0.4 is 0 Å². The molecular formula is C9H14N2O2. The van der Waals surface area contributed by atoms with E-state index in [9.17, 15) is 4.79 Å². The van der Waals surface area contributed by atoms with Crippen LogP contribution in [0.25, 0.3) is 0 Å². The quantitative estimate of drug-likeness (QED) is 0.567. The SMILES string of the molecule is CON1C(=O)N2C[C@@H]1C=C(C)[C@H]2C. The first-order valence-corrected chi connectivity index (χ1v) is 4.47. The van der Waals surface area contributed by atoms with Crippen molar-refractivity contribution in [3.63, 3.8) is 0 Å². The van der Waals surface area contributed by atoms with Crippen LogP contribution in [0.1, 0.15) is 13.8 Å². The fourth-order valence-electron chi connectivity index (χ4n) is 1.97. The lowest BCUT2D eigenvalue weighted by atomic mass is 10.0. The predicted octanol–water partition coefficient (Wildman–Crippen LogP) is 1.00. The maximum Gasteiger partial charge on any atom is 0.345 e. The van der Waals surface area contributed by atoms with Gasteiger partial charge in [0, 0.05) is 6.54 Å². The summed E-state index contributed by atoms with van der Waals surface area (Å²) in [7, 11) is 1.54. The Morgan fingerprint density at radius 1 is 1.62 bits per heavy atom. The van der Waals surface area contributed by atoms with Crippen molar-refractivity contribution in [2.45, 2.75) is 25.9 Å². The van der Waals surface area contributed by atoms with Crippen molar-refractivity contribution < 1.29 is 9.63 Å². The molecular weight excluding hydrogens is 168 g/mol. The second-order valence-electron chi connectivity index (χ2n) is 3.60. The molecule has 0 aliphatic carbocycles. The Bertz CT molecular complexity index is 275. The highest BCUT2D eigenvalue weighted by atomic mass is 16.7. The molecule has 1 fully saturated rings. The molecule has 0 radical (unpaired) electrons. The van der Waals surface area contributed by atoms with Gasteiger partial charge in [0.2, 0.25) is 0 Å². The van der Waals surface area contributed by atoms with E-state index >= 15 is 0 Å². The Kier molecular flexibility index (Phi) is 1.80. The van der Waals surface area contributed by atoms with E-state index in [-0.39, 0.29) is 18.1 Å². The van der Waals surface area contributed by atoms with E-state index in [0.717, 1.165) is 6.54 Å². The van der Waals surface area contributed by atoms with Gasteiger partial charge in [0.15, 0.2) is 0 Å². The molecule has 2 aliphatic rings. The van der Waals surface area contributed by atoms with Gasteiger partial charge in [-0.05, 0) is 13.8 Å². The largest absolute Gasteiger partial charge is 0.345 e. The average Bonchev–Trinajstić information content (AvgIpc) is 2.36. The summed E-state index contributed by atoms with van der Waals surface area (Å²) in [6, 6.07) is 0.297. The fraction of sp³-hybridized carbons (Fsp3) is 0.667. The first-order chi connectivity index (χ1) is 6.15. The van der Waals surface area contributed by atoms with Crippen molar-refractivity contribution in [2.24, 2.45) is 0 Å². The monoisotopic (exact) mass is 182 g/mol. The number of nitrogens with zero attached hydrogens (tertiary/aromatic N) is 2. The lowest BCUT2D eigenvalue weighted by Crippen LogP contribution is -2.38. The second-order valence-corrected chi connectivity index (χ2v) is 3.60. The van der Waals surface area contributed by atoms with Crippen molar-refractivity contribution >= 4 is 6.03 Å². The third kappa shape index (κ3) is 1.05. The molecule has 72 valence electrons. The highest BCUT2D eigenvalue weighted by Crippen LogP contribution is 2.28. The number of fused-ring (bicyclic) bond motifs is 2.